The molecule has 0 N–H and O–H groups in total. The smallest absolute Gasteiger partial charge is 0.242 e. The van der Waals surface area contributed by atoms with Crippen molar-refractivity contribution in [3.8, 4) is 0 Å². The van der Waals surface area contributed by atoms with E-state index in [1.54, 1.807) is 11.7 Å². The van der Waals surface area contributed by atoms with Crippen LogP contribution in [0.5, 0.6) is 0 Å². The summed E-state index contributed by atoms with van der Waals surface area (Å²) in [4.78, 5) is 13.8. The van der Waals surface area contributed by atoms with Crippen LogP contribution in [-0.4, -0.2) is 15.9 Å². The van der Waals surface area contributed by atoms with E-state index < -0.39 is 0 Å². The molecule has 0 spiro atoms. The fourth-order valence-corrected chi connectivity index (χ4v) is 2.49. The first-order chi connectivity index (χ1) is 7.24. The number of nitrogens with zero attached hydrogens (tertiary/aromatic N) is 3. The van der Waals surface area contributed by atoms with Gasteiger partial charge in [-0.2, -0.15) is 5.10 Å². The predicted molar refractivity (Wildman–Crippen MR) is 57.2 cm³/mol. The summed E-state index contributed by atoms with van der Waals surface area (Å²) < 4.78 is 1.54. The number of halogens is 1. The van der Waals surface area contributed by atoms with E-state index in [1.165, 1.54) is 18.9 Å². The van der Waals surface area contributed by atoms with Gasteiger partial charge in [-0.05, 0) is 12.8 Å². The molecule has 1 aromatic rings. The summed E-state index contributed by atoms with van der Waals surface area (Å²) in [6.07, 6.45) is 6.20. The molecule has 1 heterocycles. The van der Waals surface area contributed by atoms with Gasteiger partial charge in [-0.3, -0.25) is 0 Å². The van der Waals surface area contributed by atoms with Gasteiger partial charge >= 0.3 is 0 Å². The van der Waals surface area contributed by atoms with Gasteiger partial charge in [-0.1, -0.05) is 24.4 Å². The van der Waals surface area contributed by atoms with Crippen molar-refractivity contribution in [1.82, 2.24) is 9.78 Å². The van der Waals surface area contributed by atoms with Crippen LogP contribution in [0, 0.1) is 0 Å². The summed E-state index contributed by atoms with van der Waals surface area (Å²) >= 11 is 6.13. The van der Waals surface area contributed by atoms with Gasteiger partial charge in [0.15, 0.2) is 5.82 Å². The van der Waals surface area contributed by atoms with E-state index in [2.05, 4.69) is 10.1 Å². The molecule has 0 amide bonds. The minimum atomic E-state index is 0.411. The second kappa shape index (κ2) is 4.17. The predicted octanol–water partition coefficient (Wildman–Crippen LogP) is 2.70. The van der Waals surface area contributed by atoms with E-state index in [0.717, 1.165) is 18.5 Å². The average Bonchev–Trinajstić information content (AvgIpc) is 2.81. The van der Waals surface area contributed by atoms with Gasteiger partial charge in [-0.25, -0.2) is 9.48 Å². The Morgan fingerprint density at radius 1 is 1.53 bits per heavy atom. The lowest BCUT2D eigenvalue weighted by molar-refractivity contribution is 0.564. The molecule has 15 heavy (non-hydrogen) atoms. The van der Waals surface area contributed by atoms with Crippen LogP contribution in [0.15, 0.2) is 4.99 Å². The van der Waals surface area contributed by atoms with Crippen molar-refractivity contribution in [1.29, 1.82) is 0 Å². The Kier molecular flexibility index (Phi) is 2.89. The Bertz CT molecular complexity index is 415. The van der Waals surface area contributed by atoms with Crippen LogP contribution in [-0.2, 0) is 11.8 Å². The third-order valence-corrected chi connectivity index (χ3v) is 3.24. The second-order valence-corrected chi connectivity index (χ2v) is 4.21. The summed E-state index contributed by atoms with van der Waals surface area (Å²) in [5, 5.41) is 4.83. The topological polar surface area (TPSA) is 47.2 Å². The maximum absolute atomic E-state index is 10.2. The van der Waals surface area contributed by atoms with Gasteiger partial charge in [0, 0.05) is 13.0 Å². The van der Waals surface area contributed by atoms with E-state index in [0.29, 0.717) is 16.8 Å². The highest BCUT2D eigenvalue weighted by atomic mass is 35.5. The number of aliphatic imine (C=N–C) groups is 1. The fraction of sp³-hybridized carbons (Fsp3) is 0.600. The number of hydrogen-bond donors (Lipinski definition) is 0. The maximum atomic E-state index is 10.2. The molecule has 80 valence electrons. The lowest BCUT2D eigenvalue weighted by atomic mass is 10.0. The van der Waals surface area contributed by atoms with Gasteiger partial charge in [-0.15, -0.1) is 4.99 Å². The molecule has 0 aromatic carbocycles. The molecule has 0 bridgehead atoms. The Labute approximate surface area is 92.9 Å². The zero-order valence-electron chi connectivity index (χ0n) is 8.53. The van der Waals surface area contributed by atoms with Gasteiger partial charge in [0.05, 0.1) is 5.69 Å². The summed E-state index contributed by atoms with van der Waals surface area (Å²) in [5.74, 6) is 0.841. The normalized spacial score (nSPS) is 16.7. The van der Waals surface area contributed by atoms with Gasteiger partial charge in [0.1, 0.15) is 5.02 Å². The highest BCUT2D eigenvalue weighted by molar-refractivity contribution is 6.33. The van der Waals surface area contributed by atoms with Crippen molar-refractivity contribution in [3.63, 3.8) is 0 Å². The molecule has 0 saturated heterocycles. The van der Waals surface area contributed by atoms with Crippen molar-refractivity contribution in [2.24, 2.45) is 12.0 Å². The van der Waals surface area contributed by atoms with Gasteiger partial charge in [0.25, 0.3) is 0 Å². The molecular weight excluding hydrogens is 214 g/mol. The van der Waals surface area contributed by atoms with Gasteiger partial charge < -0.3 is 0 Å². The van der Waals surface area contributed by atoms with Crippen molar-refractivity contribution in [2.45, 2.75) is 31.6 Å². The molecule has 1 aliphatic rings. The van der Waals surface area contributed by atoms with Crippen LogP contribution in [0.1, 0.15) is 37.3 Å². The second-order valence-electron chi connectivity index (χ2n) is 3.83. The largest absolute Gasteiger partial charge is 0.249 e. The lowest BCUT2D eigenvalue weighted by Gasteiger charge is -2.03. The standard InChI is InChI=1S/C10H12ClN3O/c1-14-10(12-6-15)8(11)9(13-14)7-4-2-3-5-7/h7H,2-5H2,1H3. The number of aromatic nitrogens is 2. The zero-order chi connectivity index (χ0) is 10.8. The van der Waals surface area contributed by atoms with Crippen molar-refractivity contribution in [2.75, 3.05) is 0 Å². The molecule has 1 saturated carbocycles. The molecule has 0 atom stereocenters. The zero-order valence-corrected chi connectivity index (χ0v) is 9.29. The number of isocyanates is 1. The minimum Gasteiger partial charge on any atom is -0.249 e. The first-order valence-electron chi connectivity index (χ1n) is 5.04. The third kappa shape index (κ3) is 1.83. The summed E-state index contributed by atoms with van der Waals surface area (Å²) in [6.45, 7) is 0. The maximum Gasteiger partial charge on any atom is 0.242 e. The minimum absolute atomic E-state index is 0.411. The molecule has 1 fully saturated rings. The molecule has 5 heteroatoms. The Balaban J connectivity index is 2.40. The quantitative estimate of drug-likeness (QED) is 0.574. The average molecular weight is 226 g/mol. The Hall–Kier alpha value is -1.12. The first kappa shape index (κ1) is 10.4. The molecule has 1 aliphatic carbocycles. The van der Waals surface area contributed by atoms with E-state index in [9.17, 15) is 4.79 Å². The van der Waals surface area contributed by atoms with Crippen LogP contribution in [0.3, 0.4) is 0 Å². The van der Waals surface area contributed by atoms with E-state index in [-0.39, 0.29) is 0 Å². The fourth-order valence-electron chi connectivity index (χ4n) is 2.13. The van der Waals surface area contributed by atoms with Crippen molar-refractivity contribution < 1.29 is 4.79 Å². The molecule has 4 nitrogen and oxygen atoms in total. The molecule has 2 rings (SSSR count). The number of rotatable bonds is 2. The first-order valence-corrected chi connectivity index (χ1v) is 5.42. The van der Waals surface area contributed by atoms with Crippen LogP contribution >= 0.6 is 11.6 Å². The van der Waals surface area contributed by atoms with Crippen LogP contribution < -0.4 is 0 Å². The van der Waals surface area contributed by atoms with Gasteiger partial charge in [0.2, 0.25) is 6.08 Å². The summed E-state index contributed by atoms with van der Waals surface area (Å²) in [5.41, 5.74) is 0.880. The van der Waals surface area contributed by atoms with E-state index >= 15 is 0 Å². The van der Waals surface area contributed by atoms with Crippen molar-refractivity contribution in [3.05, 3.63) is 10.7 Å². The molecular formula is C10H12ClN3O. The number of hydrogen-bond acceptors (Lipinski definition) is 3. The third-order valence-electron chi connectivity index (χ3n) is 2.88. The van der Waals surface area contributed by atoms with Crippen LogP contribution in [0.25, 0.3) is 0 Å². The Morgan fingerprint density at radius 2 is 2.20 bits per heavy atom. The SMILES string of the molecule is Cn1nc(C2CCCC2)c(Cl)c1N=C=O. The van der Waals surface area contributed by atoms with Crippen molar-refractivity contribution >= 4 is 23.5 Å². The highest BCUT2D eigenvalue weighted by Crippen LogP contribution is 2.40. The molecule has 0 radical (unpaired) electrons. The number of aryl methyl sites for hydroxylation is 1. The summed E-state index contributed by atoms with van der Waals surface area (Å²) in [6, 6.07) is 0. The molecule has 0 unspecified atom stereocenters. The number of carbonyl (C=O) groups excluding carboxylic acids is 1. The lowest BCUT2D eigenvalue weighted by Crippen LogP contribution is -1.96. The van der Waals surface area contributed by atoms with Crippen LogP contribution in [0.2, 0.25) is 5.02 Å². The summed E-state index contributed by atoms with van der Waals surface area (Å²) in [7, 11) is 1.74. The monoisotopic (exact) mass is 225 g/mol. The van der Waals surface area contributed by atoms with E-state index in [1.807, 2.05) is 0 Å². The van der Waals surface area contributed by atoms with Crippen LogP contribution in [0.4, 0.5) is 5.82 Å². The Morgan fingerprint density at radius 3 is 2.80 bits per heavy atom. The molecule has 0 aliphatic heterocycles. The molecule has 1 aromatic heterocycles. The highest BCUT2D eigenvalue weighted by Gasteiger charge is 2.25. The van der Waals surface area contributed by atoms with E-state index in [4.69, 9.17) is 11.6 Å².